The molecule has 1 aliphatic rings. The Balaban J connectivity index is 2.09. The Kier molecular flexibility index (Phi) is 1.71. The fourth-order valence-electron chi connectivity index (χ4n) is 1.07. The van der Waals surface area contributed by atoms with Crippen LogP contribution in [-0.2, 0) is 9.47 Å². The lowest BCUT2D eigenvalue weighted by atomic mass is 10.2. The van der Waals surface area contributed by atoms with E-state index >= 15 is 0 Å². The van der Waals surface area contributed by atoms with Crippen LogP contribution in [0.5, 0.6) is 0 Å². The Labute approximate surface area is 70.3 Å². The van der Waals surface area contributed by atoms with Crippen LogP contribution in [0.2, 0.25) is 0 Å². The van der Waals surface area contributed by atoms with E-state index in [1.165, 1.54) is 0 Å². The zero-order valence-corrected chi connectivity index (χ0v) is 6.73. The molecule has 64 valence electrons. The van der Waals surface area contributed by atoms with Crippen molar-refractivity contribution in [3.8, 4) is 0 Å². The second kappa shape index (κ2) is 2.73. The first-order valence-electron chi connectivity index (χ1n) is 3.78. The van der Waals surface area contributed by atoms with Crippen LogP contribution in [0.3, 0.4) is 0 Å². The number of pyridine rings is 1. The molecule has 12 heavy (non-hydrogen) atoms. The van der Waals surface area contributed by atoms with E-state index < -0.39 is 0 Å². The van der Waals surface area contributed by atoms with Gasteiger partial charge in [-0.15, -0.1) is 0 Å². The third-order valence-corrected chi connectivity index (χ3v) is 1.71. The van der Waals surface area contributed by atoms with Gasteiger partial charge in [-0.1, -0.05) is 0 Å². The number of ether oxygens (including phenoxy) is 2. The molecular formula is C8H10N2O2. The molecule has 0 saturated carbocycles. The molecule has 4 heteroatoms. The molecule has 0 atom stereocenters. The molecule has 2 heterocycles. The molecular weight excluding hydrogens is 156 g/mol. The molecule has 0 bridgehead atoms. The molecule has 1 aromatic rings. The summed E-state index contributed by atoms with van der Waals surface area (Å²) in [4.78, 5) is 3.92. The lowest BCUT2D eigenvalue weighted by Gasteiger charge is -2.33. The summed E-state index contributed by atoms with van der Waals surface area (Å²) >= 11 is 0. The maximum atomic E-state index is 5.42. The first kappa shape index (κ1) is 7.52. The molecule has 0 radical (unpaired) electrons. The highest BCUT2D eigenvalue weighted by Crippen LogP contribution is 2.30. The topological polar surface area (TPSA) is 57.4 Å². The molecule has 1 aliphatic heterocycles. The quantitative estimate of drug-likeness (QED) is 0.677. The van der Waals surface area contributed by atoms with Gasteiger partial charge < -0.3 is 15.2 Å². The van der Waals surface area contributed by atoms with Gasteiger partial charge in [0.2, 0.25) is 0 Å². The van der Waals surface area contributed by atoms with Gasteiger partial charge in [0.05, 0.1) is 0 Å². The normalized spacial score (nSPS) is 28.1. The number of nitrogens with two attached hydrogens (primary N) is 1. The molecule has 0 unspecified atom stereocenters. The van der Waals surface area contributed by atoms with Gasteiger partial charge in [0.1, 0.15) is 5.82 Å². The van der Waals surface area contributed by atoms with E-state index in [9.17, 15) is 0 Å². The number of anilines is 1. The van der Waals surface area contributed by atoms with Crippen molar-refractivity contribution in [1.82, 2.24) is 4.98 Å². The summed E-state index contributed by atoms with van der Waals surface area (Å²) in [7, 11) is 0. The van der Waals surface area contributed by atoms with E-state index in [1.54, 1.807) is 12.3 Å². The van der Waals surface area contributed by atoms with Crippen LogP contribution in [0.15, 0.2) is 18.3 Å². The molecule has 0 aromatic carbocycles. The molecule has 2 rings (SSSR count). The van der Waals surface area contributed by atoms with Crippen LogP contribution in [0, 0.1) is 0 Å². The van der Waals surface area contributed by atoms with Gasteiger partial charge in [-0.2, -0.15) is 0 Å². The standard InChI is InChI=1S/C8H10N2O2/c1-5-11-8(12-5)6-2-3-7(9)10-4-6/h2-5,8H,1H3,(H2,9,10). The monoisotopic (exact) mass is 166 g/mol. The van der Waals surface area contributed by atoms with Crippen LogP contribution >= 0.6 is 0 Å². The molecule has 1 saturated heterocycles. The van der Waals surface area contributed by atoms with Gasteiger partial charge in [-0.05, 0) is 19.1 Å². The summed E-state index contributed by atoms with van der Waals surface area (Å²) in [5, 5.41) is 0. The number of hydrogen-bond donors (Lipinski definition) is 1. The summed E-state index contributed by atoms with van der Waals surface area (Å²) in [5.41, 5.74) is 6.33. The van der Waals surface area contributed by atoms with Crippen molar-refractivity contribution in [3.63, 3.8) is 0 Å². The van der Waals surface area contributed by atoms with Gasteiger partial charge in [0.25, 0.3) is 0 Å². The van der Waals surface area contributed by atoms with Gasteiger partial charge in [0.15, 0.2) is 12.6 Å². The predicted octanol–water partition coefficient (Wildman–Crippen LogP) is 1.06. The lowest BCUT2D eigenvalue weighted by Crippen LogP contribution is -2.31. The van der Waals surface area contributed by atoms with Gasteiger partial charge in [-0.25, -0.2) is 4.98 Å². The van der Waals surface area contributed by atoms with Crippen LogP contribution in [-0.4, -0.2) is 11.3 Å². The van der Waals surface area contributed by atoms with Gasteiger partial charge in [-0.3, -0.25) is 0 Å². The summed E-state index contributed by atoms with van der Waals surface area (Å²) in [5.74, 6) is 0.506. The second-order valence-corrected chi connectivity index (χ2v) is 2.69. The van der Waals surface area contributed by atoms with Crippen LogP contribution in [0.1, 0.15) is 18.8 Å². The minimum absolute atomic E-state index is 0.104. The molecule has 0 aliphatic carbocycles. The van der Waals surface area contributed by atoms with Crippen LogP contribution < -0.4 is 5.73 Å². The van der Waals surface area contributed by atoms with E-state index in [1.807, 2.05) is 13.0 Å². The second-order valence-electron chi connectivity index (χ2n) is 2.69. The van der Waals surface area contributed by atoms with E-state index in [2.05, 4.69) is 4.98 Å². The van der Waals surface area contributed by atoms with E-state index in [0.717, 1.165) is 5.56 Å². The molecule has 1 aromatic heterocycles. The van der Waals surface area contributed by atoms with Crippen molar-refractivity contribution in [3.05, 3.63) is 23.9 Å². The smallest absolute Gasteiger partial charge is 0.191 e. The van der Waals surface area contributed by atoms with Crippen molar-refractivity contribution in [2.45, 2.75) is 19.5 Å². The first-order chi connectivity index (χ1) is 5.75. The van der Waals surface area contributed by atoms with Crippen molar-refractivity contribution in [2.24, 2.45) is 0 Å². The van der Waals surface area contributed by atoms with Crippen molar-refractivity contribution in [1.29, 1.82) is 0 Å². The highest BCUT2D eigenvalue weighted by atomic mass is 16.9. The minimum atomic E-state index is -0.256. The summed E-state index contributed by atoms with van der Waals surface area (Å²) < 4.78 is 10.5. The van der Waals surface area contributed by atoms with Crippen molar-refractivity contribution < 1.29 is 9.47 Å². The number of nitrogens with zero attached hydrogens (tertiary/aromatic N) is 1. The average Bonchev–Trinajstić information content (AvgIpc) is 2.01. The van der Waals surface area contributed by atoms with Crippen molar-refractivity contribution >= 4 is 5.82 Å². The highest BCUT2D eigenvalue weighted by Gasteiger charge is 2.28. The van der Waals surface area contributed by atoms with E-state index in [0.29, 0.717) is 5.82 Å². The fraction of sp³-hybridized carbons (Fsp3) is 0.375. The van der Waals surface area contributed by atoms with Gasteiger partial charge >= 0.3 is 0 Å². The summed E-state index contributed by atoms with van der Waals surface area (Å²) in [6.45, 7) is 1.85. The number of rotatable bonds is 1. The first-order valence-corrected chi connectivity index (χ1v) is 3.78. The Hall–Kier alpha value is -1.13. The maximum Gasteiger partial charge on any atom is 0.191 e. The highest BCUT2D eigenvalue weighted by molar-refractivity contribution is 5.29. The Morgan fingerprint density at radius 3 is 2.67 bits per heavy atom. The Morgan fingerprint density at radius 1 is 1.42 bits per heavy atom. The number of hydrogen-bond acceptors (Lipinski definition) is 4. The molecule has 4 nitrogen and oxygen atoms in total. The average molecular weight is 166 g/mol. The van der Waals surface area contributed by atoms with Gasteiger partial charge in [0, 0.05) is 11.8 Å². The molecule has 0 spiro atoms. The Morgan fingerprint density at radius 2 is 2.17 bits per heavy atom. The predicted molar refractivity (Wildman–Crippen MR) is 43.0 cm³/mol. The summed E-state index contributed by atoms with van der Waals surface area (Å²) in [6, 6.07) is 3.57. The van der Waals surface area contributed by atoms with Crippen molar-refractivity contribution in [2.75, 3.05) is 5.73 Å². The minimum Gasteiger partial charge on any atom is -0.384 e. The Bertz CT molecular complexity index is 267. The van der Waals surface area contributed by atoms with Crippen LogP contribution in [0.25, 0.3) is 0 Å². The zero-order chi connectivity index (χ0) is 8.55. The third-order valence-electron chi connectivity index (χ3n) is 1.71. The maximum absolute atomic E-state index is 5.42. The molecule has 1 fully saturated rings. The number of nitrogen functional groups attached to an aromatic ring is 1. The SMILES string of the molecule is CC1OC(c2ccc(N)nc2)O1. The largest absolute Gasteiger partial charge is 0.384 e. The lowest BCUT2D eigenvalue weighted by molar-refractivity contribution is -0.382. The molecule has 0 amide bonds. The summed E-state index contributed by atoms with van der Waals surface area (Å²) in [6.07, 6.45) is 1.30. The van der Waals surface area contributed by atoms with E-state index in [4.69, 9.17) is 15.2 Å². The molecule has 2 N–H and O–H groups in total. The fourth-order valence-corrected chi connectivity index (χ4v) is 1.07. The van der Waals surface area contributed by atoms with E-state index in [-0.39, 0.29) is 12.6 Å². The zero-order valence-electron chi connectivity index (χ0n) is 6.73. The van der Waals surface area contributed by atoms with Crippen LogP contribution in [0.4, 0.5) is 5.82 Å². The number of aromatic nitrogens is 1. The third kappa shape index (κ3) is 1.26.